The number of carbonyl (C=O) groups excluding carboxylic acids is 1. The Balaban J connectivity index is 0.000000337. The average molecular weight is 1230 g/mol. The molecule has 0 aromatic carbocycles. The van der Waals surface area contributed by atoms with E-state index in [4.69, 9.17) is 22.8 Å². The van der Waals surface area contributed by atoms with Crippen molar-refractivity contribution in [2.45, 2.75) is 204 Å². The molecule has 7 aromatic heterocycles. The third kappa shape index (κ3) is 27.0. The molecule has 1 aliphatic rings. The van der Waals surface area contributed by atoms with Gasteiger partial charge >= 0.3 is 5.97 Å². The van der Waals surface area contributed by atoms with Crippen molar-refractivity contribution >= 4 is 33.5 Å². The Bertz CT molecular complexity index is 2870. The van der Waals surface area contributed by atoms with Crippen molar-refractivity contribution in [3.63, 3.8) is 0 Å². The van der Waals surface area contributed by atoms with Gasteiger partial charge in [-0.05, 0) is 41.9 Å². The Kier molecular flexibility index (Phi) is 27.6. The number of rotatable bonds is 4. The van der Waals surface area contributed by atoms with Gasteiger partial charge in [0.1, 0.15) is 42.1 Å². The fraction of sp³-hybridized carbons (Fsp3) is 0.639. The summed E-state index contributed by atoms with van der Waals surface area (Å²) in [5.74, 6) is 5.88. The van der Waals surface area contributed by atoms with Crippen molar-refractivity contribution in [3.05, 3.63) is 112 Å². The first kappa shape index (κ1) is 73.5. The molecule has 7 aromatic rings. The number of hydrogen-bond acceptors (Lipinski definition) is 21. The molecule has 22 nitrogen and oxygen atoms in total. The van der Waals surface area contributed by atoms with Crippen LogP contribution >= 0.6 is 15.9 Å². The minimum atomic E-state index is -0.438. The van der Waals surface area contributed by atoms with E-state index in [9.17, 15) is 4.79 Å². The number of aryl methyl sites for hydroxylation is 3. The van der Waals surface area contributed by atoms with Crippen LogP contribution in [0.15, 0.2) is 67.5 Å². The molecule has 1 saturated heterocycles. The standard InChI is InChI=1S/C12H19N3O.C10H15NO3.C9H16N4.C8H11BrN2.2C8H13NO.C6H12N4/c1-12(2,3)11-13-8-10(9-14-11)15-4-6-16-7-5-15;1-5-13-8(12)7-6-14-9(11-7)10(2,3)4;1-9(2,3)7-10-6-11-8(12-7)13(4)5;1-8(2,3)7-10-4-6(9)5-11-7;1-6-5-10-7(9-6)8(2,3)4;1-6-5-7(9-10-6)8(2,3)4;1-6(2,3)5-7-9-10(4)8-5/h8-9H,4-7H2,1-3H3;6H,5H2,1-4H3;6H,1-5H3;4-5H,1-3H3;2*5H,1-4H3;1-4H3. The smallest absolute Gasteiger partial charge is 0.360 e. The highest BCUT2D eigenvalue weighted by Gasteiger charge is 2.25. The largest absolute Gasteiger partial charge is 0.461 e. The lowest BCUT2D eigenvalue weighted by atomic mass is 9.92. The van der Waals surface area contributed by atoms with E-state index in [0.717, 1.165) is 82.8 Å². The van der Waals surface area contributed by atoms with Gasteiger partial charge < -0.3 is 32.6 Å². The van der Waals surface area contributed by atoms with Crippen molar-refractivity contribution in [1.29, 1.82) is 0 Å². The molecular formula is C61H99BrN16O6. The highest BCUT2D eigenvalue weighted by atomic mass is 79.9. The molecule has 23 heteroatoms. The van der Waals surface area contributed by atoms with E-state index in [1.165, 1.54) is 11.1 Å². The third-order valence-electron chi connectivity index (χ3n) is 11.1. The van der Waals surface area contributed by atoms with E-state index in [1.54, 1.807) is 39.0 Å². The van der Waals surface area contributed by atoms with Crippen LogP contribution < -0.4 is 9.80 Å². The first-order valence-corrected chi connectivity index (χ1v) is 29.0. The highest BCUT2D eigenvalue weighted by Crippen LogP contribution is 2.25. The third-order valence-corrected chi connectivity index (χ3v) is 11.5. The van der Waals surface area contributed by atoms with E-state index in [2.05, 4.69) is 211 Å². The second-order valence-electron chi connectivity index (χ2n) is 27.3. The minimum Gasteiger partial charge on any atom is -0.461 e. The molecule has 0 unspecified atom stereocenters. The lowest BCUT2D eigenvalue weighted by Crippen LogP contribution is -2.36. The Morgan fingerprint density at radius 3 is 1.45 bits per heavy atom. The maximum atomic E-state index is 11.2. The molecule has 0 amide bonds. The molecule has 0 saturated carbocycles. The molecule has 0 atom stereocenters. The normalized spacial score (nSPS) is 12.8. The highest BCUT2D eigenvalue weighted by molar-refractivity contribution is 9.10. The van der Waals surface area contributed by atoms with Crippen molar-refractivity contribution in [2.75, 3.05) is 56.8 Å². The molecule has 1 aliphatic heterocycles. The quantitative estimate of drug-likeness (QED) is 0.148. The summed E-state index contributed by atoms with van der Waals surface area (Å²) < 4.78 is 26.4. The molecule has 0 spiro atoms. The van der Waals surface area contributed by atoms with E-state index in [0.29, 0.717) is 18.4 Å². The lowest BCUT2D eigenvalue weighted by Gasteiger charge is -2.28. The molecule has 0 N–H and O–H groups in total. The first-order valence-electron chi connectivity index (χ1n) is 28.2. The number of oxazole rings is 2. The van der Waals surface area contributed by atoms with E-state index in [-0.39, 0.29) is 43.6 Å². The molecule has 0 aliphatic carbocycles. The fourth-order valence-corrected chi connectivity index (χ4v) is 6.38. The van der Waals surface area contributed by atoms with Gasteiger partial charge in [-0.25, -0.2) is 44.7 Å². The predicted molar refractivity (Wildman–Crippen MR) is 334 cm³/mol. The molecule has 0 bridgehead atoms. The summed E-state index contributed by atoms with van der Waals surface area (Å²) in [4.78, 5) is 54.9. The SMILES string of the molecule is CC(C)(C)c1ncc(Br)cn1.CC(C)(C)c1ncc(N2CCOCC2)cn1.CCOC(=O)c1coc(C(C)(C)C)n1.CN(C)c1ncnc(C(C)(C)C)n1.Cc1cc(C(C)(C)C)no1.Cc1coc(C(C)(C)C)n1.Cn1nnc(C(C)(C)C)n1. The molecule has 0 radical (unpaired) electrons. The maximum absolute atomic E-state index is 11.2. The van der Waals surface area contributed by atoms with Crippen LogP contribution in [0.2, 0.25) is 0 Å². The van der Waals surface area contributed by atoms with Gasteiger partial charge in [-0.1, -0.05) is 151 Å². The van der Waals surface area contributed by atoms with Crippen molar-refractivity contribution in [1.82, 2.24) is 70.2 Å². The second-order valence-corrected chi connectivity index (χ2v) is 28.2. The number of carbonyl (C=O) groups is 1. The van der Waals surface area contributed by atoms with Crippen molar-refractivity contribution in [3.8, 4) is 0 Å². The van der Waals surface area contributed by atoms with Gasteiger partial charge in [0, 0.05) is 83.5 Å². The van der Waals surface area contributed by atoms with Gasteiger partial charge in [0.15, 0.2) is 23.3 Å². The molecule has 84 heavy (non-hydrogen) atoms. The van der Waals surface area contributed by atoms with Crippen molar-refractivity contribution in [2.24, 2.45) is 7.05 Å². The average Bonchev–Trinajstić information content (AvgIpc) is 4.38. The number of halogens is 1. The number of esters is 1. The molecule has 466 valence electrons. The number of morpholine rings is 1. The Hall–Kier alpha value is -6.62. The van der Waals surface area contributed by atoms with Gasteiger partial charge in [0.25, 0.3) is 0 Å². The number of nitrogens with zero attached hydrogens (tertiary/aromatic N) is 16. The lowest BCUT2D eigenvalue weighted by molar-refractivity contribution is 0.0519. The topological polar surface area (TPSA) is 254 Å². The van der Waals surface area contributed by atoms with E-state index in [1.807, 2.05) is 72.1 Å². The van der Waals surface area contributed by atoms with Gasteiger partial charge in [-0.15, -0.1) is 10.2 Å². The summed E-state index contributed by atoms with van der Waals surface area (Å²) in [7, 11) is 5.60. The number of hydrogen-bond donors (Lipinski definition) is 0. The monoisotopic (exact) mass is 1230 g/mol. The zero-order valence-corrected chi connectivity index (χ0v) is 57.2. The van der Waals surface area contributed by atoms with Crippen LogP contribution in [0.3, 0.4) is 0 Å². The van der Waals surface area contributed by atoms with Crippen LogP contribution in [-0.2, 0) is 54.4 Å². The van der Waals surface area contributed by atoms with Crippen LogP contribution in [0.5, 0.6) is 0 Å². The Morgan fingerprint density at radius 2 is 1.11 bits per heavy atom. The summed E-state index contributed by atoms with van der Waals surface area (Å²) in [5.41, 5.74) is 3.30. The van der Waals surface area contributed by atoms with Crippen LogP contribution in [0, 0.1) is 13.8 Å². The van der Waals surface area contributed by atoms with Crippen LogP contribution in [-0.4, -0.2) is 123 Å². The van der Waals surface area contributed by atoms with E-state index < -0.39 is 5.97 Å². The van der Waals surface area contributed by atoms with Gasteiger partial charge in [-0.2, -0.15) is 9.78 Å². The summed E-state index contributed by atoms with van der Waals surface area (Å²) >= 11 is 3.29. The van der Waals surface area contributed by atoms with Gasteiger partial charge in [0.05, 0.1) is 60.8 Å². The zero-order chi connectivity index (χ0) is 64.2. The molecular weight excluding hydrogens is 1130 g/mol. The Labute approximate surface area is 509 Å². The summed E-state index contributed by atoms with van der Waals surface area (Å²) in [6, 6.07) is 1.97. The molecule has 1 fully saturated rings. The summed E-state index contributed by atoms with van der Waals surface area (Å²) in [6.07, 6.45) is 11.9. The van der Waals surface area contributed by atoms with Crippen LogP contribution in [0.25, 0.3) is 0 Å². The summed E-state index contributed by atoms with van der Waals surface area (Å²) in [6.45, 7) is 52.9. The Morgan fingerprint density at radius 1 is 0.619 bits per heavy atom. The number of ether oxygens (including phenoxy) is 2. The van der Waals surface area contributed by atoms with Crippen LogP contribution in [0.4, 0.5) is 11.6 Å². The van der Waals surface area contributed by atoms with Crippen molar-refractivity contribution < 1.29 is 27.6 Å². The van der Waals surface area contributed by atoms with Crippen LogP contribution in [0.1, 0.15) is 215 Å². The maximum Gasteiger partial charge on any atom is 0.360 e. The number of anilines is 2. The molecule has 8 rings (SSSR count). The zero-order valence-electron chi connectivity index (χ0n) is 55.6. The first-order chi connectivity index (χ1) is 38.4. The van der Waals surface area contributed by atoms with E-state index >= 15 is 0 Å². The predicted octanol–water partition coefficient (Wildman–Crippen LogP) is 12.6. The minimum absolute atomic E-state index is 0.00819. The molecule has 8 heterocycles. The van der Waals surface area contributed by atoms with Gasteiger partial charge in [0.2, 0.25) is 5.95 Å². The number of tetrazole rings is 1. The second kappa shape index (κ2) is 31.5. The number of aromatic nitrogens is 14. The fourth-order valence-electron chi connectivity index (χ4n) is 6.18. The van der Waals surface area contributed by atoms with Gasteiger partial charge in [-0.3, -0.25) is 0 Å². The summed E-state index contributed by atoms with van der Waals surface area (Å²) in [5, 5.41) is 15.6.